The van der Waals surface area contributed by atoms with Crippen molar-refractivity contribution in [3.8, 4) is 0 Å². The first-order chi connectivity index (χ1) is 7.11. The van der Waals surface area contributed by atoms with E-state index >= 15 is 0 Å². The molecule has 1 saturated heterocycles. The molecule has 1 atom stereocenters. The van der Waals surface area contributed by atoms with Crippen LogP contribution in [0.4, 0.5) is 0 Å². The zero-order chi connectivity index (χ0) is 11.3. The lowest BCUT2D eigenvalue weighted by atomic mass is 10.3. The molecule has 1 fully saturated rings. The van der Waals surface area contributed by atoms with Crippen LogP contribution in [0.1, 0.15) is 19.8 Å². The molecule has 0 amide bonds. The van der Waals surface area contributed by atoms with Gasteiger partial charge >= 0.3 is 0 Å². The highest BCUT2D eigenvalue weighted by molar-refractivity contribution is 7.89. The normalized spacial score (nSPS) is 24.3. The Bertz CT molecular complexity index is 278. The molecule has 1 rings (SSSR count). The maximum absolute atomic E-state index is 11.9. The van der Waals surface area contributed by atoms with E-state index in [1.165, 1.54) is 4.31 Å². The first-order valence-electron chi connectivity index (χ1n) is 5.30. The number of ether oxygens (including phenoxy) is 1. The third-order valence-electron chi connectivity index (χ3n) is 2.50. The molecule has 0 radical (unpaired) electrons. The quantitative estimate of drug-likeness (QED) is 0.719. The average molecular weight is 237 g/mol. The summed E-state index contributed by atoms with van der Waals surface area (Å²) < 4.78 is 30.3. The summed E-state index contributed by atoms with van der Waals surface area (Å²) >= 11 is 0. The summed E-state index contributed by atoms with van der Waals surface area (Å²) in [6.07, 6.45) is 1.52. The van der Waals surface area contributed by atoms with E-state index in [2.05, 4.69) is 0 Å². The Balaban J connectivity index is 2.65. The predicted molar refractivity (Wildman–Crippen MR) is 57.1 cm³/mol. The third-order valence-corrected chi connectivity index (χ3v) is 4.50. The van der Waals surface area contributed by atoms with E-state index in [-0.39, 0.29) is 12.4 Å². The maximum Gasteiger partial charge on any atom is 0.214 e. The van der Waals surface area contributed by atoms with Crippen LogP contribution in [0.15, 0.2) is 0 Å². The second-order valence-corrected chi connectivity index (χ2v) is 5.73. The van der Waals surface area contributed by atoms with Crippen LogP contribution < -0.4 is 0 Å². The first kappa shape index (κ1) is 12.9. The number of hydrogen-bond donors (Lipinski definition) is 1. The van der Waals surface area contributed by atoms with E-state index in [9.17, 15) is 8.42 Å². The van der Waals surface area contributed by atoms with Gasteiger partial charge in [0.05, 0.1) is 31.6 Å². The molecule has 1 N–H and O–H groups in total. The van der Waals surface area contributed by atoms with Crippen molar-refractivity contribution in [2.24, 2.45) is 0 Å². The molecule has 15 heavy (non-hydrogen) atoms. The SMILES string of the molecule is CCCCS(=O)(=O)N1CCOCC1CO. The number of aliphatic hydroxyl groups excluding tert-OH is 1. The fraction of sp³-hybridized carbons (Fsp3) is 1.00. The fourth-order valence-corrected chi connectivity index (χ4v) is 3.42. The van der Waals surface area contributed by atoms with Crippen LogP contribution in [0.5, 0.6) is 0 Å². The van der Waals surface area contributed by atoms with Gasteiger partial charge in [-0.1, -0.05) is 13.3 Å². The second-order valence-electron chi connectivity index (χ2n) is 3.69. The standard InChI is InChI=1S/C9H19NO4S/c1-2-3-6-15(12,13)10-4-5-14-8-9(10)7-11/h9,11H,2-8H2,1H3. The molecule has 1 unspecified atom stereocenters. The molecule has 90 valence electrons. The third kappa shape index (κ3) is 3.41. The Labute approximate surface area is 91.1 Å². The van der Waals surface area contributed by atoms with Crippen LogP contribution in [0.25, 0.3) is 0 Å². The number of aliphatic hydroxyl groups is 1. The average Bonchev–Trinajstić information content (AvgIpc) is 2.26. The minimum absolute atomic E-state index is 0.167. The van der Waals surface area contributed by atoms with Crippen molar-refractivity contribution < 1.29 is 18.3 Å². The van der Waals surface area contributed by atoms with Gasteiger partial charge in [0.15, 0.2) is 0 Å². The van der Waals surface area contributed by atoms with Crippen LogP contribution >= 0.6 is 0 Å². The predicted octanol–water partition coefficient (Wildman–Crippen LogP) is -0.191. The van der Waals surface area contributed by atoms with E-state index in [0.29, 0.717) is 26.2 Å². The smallest absolute Gasteiger partial charge is 0.214 e. The van der Waals surface area contributed by atoms with Gasteiger partial charge < -0.3 is 9.84 Å². The van der Waals surface area contributed by atoms with Gasteiger partial charge in [0.2, 0.25) is 10.0 Å². The monoisotopic (exact) mass is 237 g/mol. The van der Waals surface area contributed by atoms with Crippen molar-refractivity contribution in [3.63, 3.8) is 0 Å². The number of sulfonamides is 1. The molecule has 0 aromatic heterocycles. The summed E-state index contributed by atoms with van der Waals surface area (Å²) in [5.41, 5.74) is 0. The van der Waals surface area contributed by atoms with E-state index in [1.807, 2.05) is 6.92 Å². The van der Waals surface area contributed by atoms with Crippen molar-refractivity contribution in [2.75, 3.05) is 32.1 Å². The van der Waals surface area contributed by atoms with Gasteiger partial charge in [-0.2, -0.15) is 4.31 Å². The van der Waals surface area contributed by atoms with Gasteiger partial charge in [0.1, 0.15) is 0 Å². The van der Waals surface area contributed by atoms with E-state index in [4.69, 9.17) is 9.84 Å². The van der Waals surface area contributed by atoms with E-state index in [1.54, 1.807) is 0 Å². The fourth-order valence-electron chi connectivity index (χ4n) is 1.59. The molecule has 1 aliphatic heterocycles. The zero-order valence-electron chi connectivity index (χ0n) is 9.05. The van der Waals surface area contributed by atoms with Gasteiger partial charge in [0, 0.05) is 6.54 Å². The van der Waals surface area contributed by atoms with Crippen molar-refractivity contribution in [1.82, 2.24) is 4.31 Å². The summed E-state index contributed by atoms with van der Waals surface area (Å²) in [7, 11) is -3.21. The molecule has 1 heterocycles. The molecule has 0 aromatic carbocycles. The van der Waals surface area contributed by atoms with Crippen molar-refractivity contribution in [1.29, 1.82) is 0 Å². The molecule has 5 nitrogen and oxygen atoms in total. The van der Waals surface area contributed by atoms with E-state index in [0.717, 1.165) is 6.42 Å². The molecule has 6 heteroatoms. The van der Waals surface area contributed by atoms with Crippen molar-refractivity contribution in [3.05, 3.63) is 0 Å². The Morgan fingerprint density at radius 1 is 1.53 bits per heavy atom. The minimum atomic E-state index is -3.21. The molecule has 0 bridgehead atoms. The highest BCUT2D eigenvalue weighted by atomic mass is 32.2. The van der Waals surface area contributed by atoms with E-state index < -0.39 is 16.1 Å². The molecule has 0 aromatic rings. The molecular formula is C9H19NO4S. The van der Waals surface area contributed by atoms with Crippen molar-refractivity contribution in [2.45, 2.75) is 25.8 Å². The number of unbranched alkanes of at least 4 members (excludes halogenated alkanes) is 1. The topological polar surface area (TPSA) is 66.8 Å². The maximum atomic E-state index is 11.9. The highest BCUT2D eigenvalue weighted by Gasteiger charge is 2.31. The van der Waals surface area contributed by atoms with Crippen molar-refractivity contribution >= 4 is 10.0 Å². The number of rotatable bonds is 5. The Morgan fingerprint density at radius 2 is 2.27 bits per heavy atom. The molecule has 0 spiro atoms. The first-order valence-corrected chi connectivity index (χ1v) is 6.91. The van der Waals surface area contributed by atoms with Crippen LogP contribution in [0.2, 0.25) is 0 Å². The van der Waals surface area contributed by atoms with Gasteiger partial charge in [-0.05, 0) is 6.42 Å². The largest absolute Gasteiger partial charge is 0.395 e. The molecule has 0 saturated carbocycles. The van der Waals surface area contributed by atoms with Gasteiger partial charge in [0.25, 0.3) is 0 Å². The molecular weight excluding hydrogens is 218 g/mol. The van der Waals surface area contributed by atoms with Gasteiger partial charge in [-0.15, -0.1) is 0 Å². The zero-order valence-corrected chi connectivity index (χ0v) is 9.87. The Kier molecular flexibility index (Phi) is 4.98. The van der Waals surface area contributed by atoms with Crippen LogP contribution in [-0.2, 0) is 14.8 Å². The number of hydrogen-bond acceptors (Lipinski definition) is 4. The number of nitrogens with zero attached hydrogens (tertiary/aromatic N) is 1. The number of morpholine rings is 1. The highest BCUT2D eigenvalue weighted by Crippen LogP contribution is 2.13. The Morgan fingerprint density at radius 3 is 2.87 bits per heavy atom. The summed E-state index contributed by atoms with van der Waals surface area (Å²) in [4.78, 5) is 0. The van der Waals surface area contributed by atoms with Crippen LogP contribution in [0.3, 0.4) is 0 Å². The summed E-state index contributed by atoms with van der Waals surface area (Å²) in [6, 6.07) is -0.402. The summed E-state index contributed by atoms with van der Waals surface area (Å²) in [6.45, 7) is 2.85. The lowest BCUT2D eigenvalue weighted by Gasteiger charge is -2.33. The molecule has 0 aliphatic carbocycles. The molecule has 1 aliphatic rings. The van der Waals surface area contributed by atoms with Gasteiger partial charge in [-0.3, -0.25) is 0 Å². The van der Waals surface area contributed by atoms with Crippen LogP contribution in [0, 0.1) is 0 Å². The lowest BCUT2D eigenvalue weighted by Crippen LogP contribution is -2.51. The minimum Gasteiger partial charge on any atom is -0.395 e. The summed E-state index contributed by atoms with van der Waals surface area (Å²) in [5, 5.41) is 9.06. The lowest BCUT2D eigenvalue weighted by molar-refractivity contribution is 0.0109. The summed E-state index contributed by atoms with van der Waals surface area (Å²) in [5.74, 6) is 0.167. The Hall–Kier alpha value is -0.170. The second kappa shape index (κ2) is 5.79. The van der Waals surface area contributed by atoms with Gasteiger partial charge in [-0.25, -0.2) is 8.42 Å². The van der Waals surface area contributed by atoms with Crippen LogP contribution in [-0.4, -0.2) is 56.0 Å².